The molecule has 0 fully saturated rings. The molecule has 0 atom stereocenters. The number of hydrogen-bond donors (Lipinski definition) is 4. The molecule has 114 valence electrons. The van der Waals surface area contributed by atoms with Gasteiger partial charge in [0.2, 0.25) is 27.9 Å². The molecule has 10 nitrogen and oxygen atoms in total. The fourth-order valence-electron chi connectivity index (χ4n) is 1.30. The molecule has 0 aliphatic heterocycles. The van der Waals surface area contributed by atoms with Crippen LogP contribution in [0.3, 0.4) is 0 Å². The molecule has 1 rings (SSSR count). The van der Waals surface area contributed by atoms with Gasteiger partial charge in [0.15, 0.2) is 0 Å². The molecule has 0 saturated carbocycles. The van der Waals surface area contributed by atoms with Crippen LogP contribution in [0.4, 0.5) is 17.8 Å². The summed E-state index contributed by atoms with van der Waals surface area (Å²) in [4.78, 5) is 13.8. The Hall–Kier alpha value is -1.72. The van der Waals surface area contributed by atoms with Gasteiger partial charge in [-0.25, -0.2) is 19.0 Å². The van der Waals surface area contributed by atoms with Crippen LogP contribution in [0.5, 0.6) is 0 Å². The molecule has 0 aliphatic carbocycles. The molecule has 11 heteroatoms. The van der Waals surface area contributed by atoms with Crippen molar-refractivity contribution in [2.24, 2.45) is 5.84 Å². The molecule has 0 aromatic carbocycles. The van der Waals surface area contributed by atoms with Crippen LogP contribution in [0.15, 0.2) is 0 Å². The minimum atomic E-state index is -3.28. The predicted molar refractivity (Wildman–Crippen MR) is 77.9 cm³/mol. The second kappa shape index (κ2) is 7.17. The zero-order valence-corrected chi connectivity index (χ0v) is 12.5. The molecule has 0 radical (unpaired) electrons. The summed E-state index contributed by atoms with van der Waals surface area (Å²) < 4.78 is 25.3. The number of nitrogens with two attached hydrogens (primary N) is 1. The lowest BCUT2D eigenvalue weighted by atomic mass is 10.7. The van der Waals surface area contributed by atoms with E-state index in [1.807, 2.05) is 0 Å². The maximum atomic E-state index is 11.5. The normalized spacial score (nSPS) is 11.2. The summed E-state index contributed by atoms with van der Waals surface area (Å²) in [5.41, 5.74) is 2.33. The van der Waals surface area contributed by atoms with Gasteiger partial charge in [0, 0.05) is 27.2 Å². The fourth-order valence-corrected chi connectivity index (χ4v) is 2.25. The molecule has 0 spiro atoms. The molecule has 1 heterocycles. The molecule has 0 aliphatic rings. The number of sulfonamides is 1. The Kier molecular flexibility index (Phi) is 5.85. The van der Waals surface area contributed by atoms with Crippen LogP contribution in [-0.2, 0) is 10.0 Å². The molecule has 0 saturated heterocycles. The molecular weight excluding hydrogens is 284 g/mol. The van der Waals surface area contributed by atoms with E-state index >= 15 is 0 Å². The van der Waals surface area contributed by atoms with E-state index in [0.29, 0.717) is 12.5 Å². The van der Waals surface area contributed by atoms with Crippen LogP contribution in [-0.4, -0.2) is 56.3 Å². The van der Waals surface area contributed by atoms with Gasteiger partial charge in [-0.2, -0.15) is 15.0 Å². The first-order valence-corrected chi connectivity index (χ1v) is 7.64. The van der Waals surface area contributed by atoms with Crippen molar-refractivity contribution in [1.82, 2.24) is 19.7 Å². The van der Waals surface area contributed by atoms with Gasteiger partial charge in [-0.3, -0.25) is 5.43 Å². The van der Waals surface area contributed by atoms with E-state index in [0.717, 1.165) is 0 Å². The largest absolute Gasteiger partial charge is 0.353 e. The summed E-state index contributed by atoms with van der Waals surface area (Å²) in [6.07, 6.45) is 0. The van der Waals surface area contributed by atoms with Gasteiger partial charge in [0.1, 0.15) is 0 Å². The number of nitrogens with zero attached hydrogens (tertiary/aromatic N) is 4. The lowest BCUT2D eigenvalue weighted by molar-refractivity contribution is 0.584. The van der Waals surface area contributed by atoms with E-state index in [-0.39, 0.29) is 24.2 Å². The van der Waals surface area contributed by atoms with Crippen LogP contribution < -0.4 is 26.2 Å². The fraction of sp³-hybridized carbons (Fsp3) is 0.667. The summed E-state index contributed by atoms with van der Waals surface area (Å²) in [5, 5.41) is 2.83. The lowest BCUT2D eigenvalue weighted by Crippen LogP contribution is -2.29. The second-order valence-corrected chi connectivity index (χ2v) is 5.99. The van der Waals surface area contributed by atoms with E-state index in [2.05, 4.69) is 30.4 Å². The highest BCUT2D eigenvalue weighted by atomic mass is 32.2. The second-order valence-electron chi connectivity index (χ2n) is 4.06. The first-order chi connectivity index (χ1) is 9.38. The Morgan fingerprint density at radius 3 is 2.40 bits per heavy atom. The molecule has 0 unspecified atom stereocenters. The third-order valence-electron chi connectivity index (χ3n) is 2.17. The van der Waals surface area contributed by atoms with Gasteiger partial charge in [-0.05, 0) is 0 Å². The Labute approximate surface area is 118 Å². The van der Waals surface area contributed by atoms with E-state index < -0.39 is 10.0 Å². The molecule has 1 aromatic heterocycles. The summed E-state index contributed by atoms with van der Waals surface area (Å²) >= 11 is 0. The molecule has 1 aromatic rings. The monoisotopic (exact) mass is 304 g/mol. The van der Waals surface area contributed by atoms with Crippen molar-refractivity contribution >= 4 is 27.9 Å². The number of nitrogens with one attached hydrogen (secondary N) is 3. The Morgan fingerprint density at radius 2 is 1.85 bits per heavy atom. The molecule has 20 heavy (non-hydrogen) atoms. The quantitative estimate of drug-likeness (QED) is 0.336. The van der Waals surface area contributed by atoms with Crippen molar-refractivity contribution in [2.45, 2.75) is 6.92 Å². The first-order valence-electron chi connectivity index (χ1n) is 5.99. The average Bonchev–Trinajstić information content (AvgIpc) is 2.37. The van der Waals surface area contributed by atoms with Gasteiger partial charge in [-0.15, -0.1) is 0 Å². The van der Waals surface area contributed by atoms with Crippen molar-refractivity contribution in [3.8, 4) is 0 Å². The van der Waals surface area contributed by atoms with Gasteiger partial charge in [0.25, 0.3) is 0 Å². The highest BCUT2D eigenvalue weighted by molar-refractivity contribution is 7.89. The number of rotatable bonds is 8. The minimum Gasteiger partial charge on any atom is -0.353 e. The van der Waals surface area contributed by atoms with E-state index in [1.54, 1.807) is 25.9 Å². The zero-order valence-electron chi connectivity index (χ0n) is 11.7. The smallest absolute Gasteiger partial charge is 0.243 e. The SMILES string of the molecule is CCNS(=O)(=O)CCNc1nc(NN)nc(N(C)C)n1. The standard InChI is InChI=1S/C9H20N8O2S/c1-4-12-20(18,19)6-5-11-7-13-8(16-10)15-9(14-7)17(2)3/h12H,4-6,10H2,1-3H3,(H2,11,13,14,15,16). The van der Waals surface area contributed by atoms with Crippen LogP contribution in [0.1, 0.15) is 6.92 Å². The highest BCUT2D eigenvalue weighted by Gasteiger charge is 2.10. The third kappa shape index (κ3) is 5.11. The minimum absolute atomic E-state index is 0.0742. The zero-order chi connectivity index (χ0) is 15.2. The van der Waals surface area contributed by atoms with Crippen LogP contribution >= 0.6 is 0 Å². The van der Waals surface area contributed by atoms with E-state index in [4.69, 9.17) is 5.84 Å². The summed E-state index contributed by atoms with van der Waals surface area (Å²) in [6, 6.07) is 0. The molecule has 5 N–H and O–H groups in total. The van der Waals surface area contributed by atoms with Crippen molar-refractivity contribution in [2.75, 3.05) is 48.6 Å². The van der Waals surface area contributed by atoms with Gasteiger partial charge in [-0.1, -0.05) is 6.92 Å². The first kappa shape index (κ1) is 16.3. The number of anilines is 3. The summed E-state index contributed by atoms with van der Waals surface area (Å²) in [7, 11) is 0.267. The van der Waals surface area contributed by atoms with Crippen molar-refractivity contribution in [1.29, 1.82) is 0 Å². The van der Waals surface area contributed by atoms with E-state index in [9.17, 15) is 8.42 Å². The van der Waals surface area contributed by atoms with Gasteiger partial charge in [0.05, 0.1) is 5.75 Å². The van der Waals surface area contributed by atoms with E-state index in [1.165, 1.54) is 0 Å². The topological polar surface area (TPSA) is 138 Å². The third-order valence-corrected chi connectivity index (χ3v) is 3.64. The highest BCUT2D eigenvalue weighted by Crippen LogP contribution is 2.10. The van der Waals surface area contributed by atoms with Crippen LogP contribution in [0.2, 0.25) is 0 Å². The molecule has 0 amide bonds. The Bertz CT molecular complexity index is 533. The summed E-state index contributed by atoms with van der Waals surface area (Å²) in [5.74, 6) is 6.05. The van der Waals surface area contributed by atoms with Crippen LogP contribution in [0.25, 0.3) is 0 Å². The molecular formula is C9H20N8O2S. The van der Waals surface area contributed by atoms with Gasteiger partial charge < -0.3 is 10.2 Å². The Balaban J connectivity index is 2.70. The molecule has 0 bridgehead atoms. The van der Waals surface area contributed by atoms with Crippen molar-refractivity contribution in [3.63, 3.8) is 0 Å². The maximum absolute atomic E-state index is 11.5. The number of nitrogen functional groups attached to an aromatic ring is 1. The number of hydrazine groups is 1. The number of hydrogen-bond acceptors (Lipinski definition) is 9. The predicted octanol–water partition coefficient (Wildman–Crippen LogP) is -1.43. The van der Waals surface area contributed by atoms with Gasteiger partial charge >= 0.3 is 0 Å². The average molecular weight is 304 g/mol. The Morgan fingerprint density at radius 1 is 1.20 bits per heavy atom. The summed E-state index contributed by atoms with van der Waals surface area (Å²) in [6.45, 7) is 2.26. The lowest BCUT2D eigenvalue weighted by Gasteiger charge is -2.13. The number of aromatic nitrogens is 3. The van der Waals surface area contributed by atoms with Crippen LogP contribution in [0, 0.1) is 0 Å². The van der Waals surface area contributed by atoms with Crippen molar-refractivity contribution < 1.29 is 8.42 Å². The van der Waals surface area contributed by atoms with Crippen molar-refractivity contribution in [3.05, 3.63) is 0 Å². The maximum Gasteiger partial charge on any atom is 0.243 e.